The smallest absolute Gasteiger partial charge is 0.268 e. The zero-order valence-electron chi connectivity index (χ0n) is 10.7. The number of halogens is 1. The summed E-state index contributed by atoms with van der Waals surface area (Å²) < 4.78 is 1.85. The van der Waals surface area contributed by atoms with Crippen LogP contribution in [0.1, 0.15) is 43.1 Å². The Labute approximate surface area is 112 Å². The van der Waals surface area contributed by atoms with Gasteiger partial charge < -0.3 is 15.6 Å². The number of nitrogens with two attached hydrogens (primary N) is 1. The van der Waals surface area contributed by atoms with Crippen LogP contribution in [0.3, 0.4) is 0 Å². The molecule has 0 bridgehead atoms. The number of hydrogen-bond acceptors (Lipinski definition) is 2. The molecule has 5 heteroatoms. The van der Waals surface area contributed by atoms with Gasteiger partial charge in [0.05, 0.1) is 5.02 Å². The average molecular weight is 270 g/mol. The van der Waals surface area contributed by atoms with Crippen molar-refractivity contribution < 1.29 is 4.79 Å². The number of nitrogens with zero attached hydrogens (tertiary/aromatic N) is 1. The Hall–Kier alpha value is -1.00. The molecule has 1 aliphatic rings. The molecule has 1 amide bonds. The van der Waals surface area contributed by atoms with E-state index < -0.39 is 0 Å². The molecule has 1 fully saturated rings. The molecule has 1 aliphatic carbocycles. The van der Waals surface area contributed by atoms with E-state index in [-0.39, 0.29) is 18.0 Å². The Balaban J connectivity index is 2.06. The first-order valence-corrected chi connectivity index (χ1v) is 6.91. The van der Waals surface area contributed by atoms with E-state index in [1.54, 1.807) is 12.3 Å². The third-order valence-electron chi connectivity index (χ3n) is 3.57. The molecule has 4 nitrogen and oxygen atoms in total. The molecule has 1 aromatic heterocycles. The van der Waals surface area contributed by atoms with Gasteiger partial charge in [0, 0.05) is 24.8 Å². The second-order valence-corrected chi connectivity index (χ2v) is 5.29. The first-order chi connectivity index (χ1) is 8.61. The van der Waals surface area contributed by atoms with Crippen LogP contribution in [-0.4, -0.2) is 22.6 Å². The highest BCUT2D eigenvalue weighted by Crippen LogP contribution is 2.19. The molecule has 18 heavy (non-hydrogen) atoms. The maximum absolute atomic E-state index is 12.2. The van der Waals surface area contributed by atoms with Crippen molar-refractivity contribution in [2.45, 2.75) is 51.2 Å². The standard InChI is InChI=1S/C13H20ClN3O/c1-2-17-8-9(14)7-12(17)13(18)16-11-6-4-3-5-10(11)15/h7-8,10-11H,2-6,15H2,1H3,(H,16,18). The minimum atomic E-state index is -0.0777. The summed E-state index contributed by atoms with van der Waals surface area (Å²) in [6, 6.07) is 1.86. The van der Waals surface area contributed by atoms with Crippen LogP contribution < -0.4 is 11.1 Å². The number of aromatic nitrogens is 1. The monoisotopic (exact) mass is 269 g/mol. The molecule has 100 valence electrons. The lowest BCUT2D eigenvalue weighted by Crippen LogP contribution is -2.49. The number of rotatable bonds is 3. The van der Waals surface area contributed by atoms with Gasteiger partial charge in [-0.15, -0.1) is 0 Å². The number of carbonyl (C=O) groups is 1. The number of amides is 1. The van der Waals surface area contributed by atoms with Gasteiger partial charge in [0.1, 0.15) is 5.69 Å². The minimum absolute atomic E-state index is 0.0724. The average Bonchev–Trinajstić information content (AvgIpc) is 2.73. The first kappa shape index (κ1) is 13.4. The third-order valence-corrected chi connectivity index (χ3v) is 3.78. The van der Waals surface area contributed by atoms with Crippen molar-refractivity contribution in [3.8, 4) is 0 Å². The number of hydrogen-bond donors (Lipinski definition) is 2. The van der Waals surface area contributed by atoms with Gasteiger partial charge in [-0.2, -0.15) is 0 Å². The fourth-order valence-electron chi connectivity index (χ4n) is 2.51. The predicted molar refractivity (Wildman–Crippen MR) is 72.8 cm³/mol. The van der Waals surface area contributed by atoms with Crippen LogP contribution in [0.15, 0.2) is 12.3 Å². The van der Waals surface area contributed by atoms with Crippen LogP contribution in [0.2, 0.25) is 5.02 Å². The van der Waals surface area contributed by atoms with Crippen LogP contribution in [0, 0.1) is 0 Å². The summed E-state index contributed by atoms with van der Waals surface area (Å²) >= 11 is 5.93. The molecule has 1 aromatic rings. The fraction of sp³-hybridized carbons (Fsp3) is 0.615. The van der Waals surface area contributed by atoms with Crippen molar-refractivity contribution in [2.24, 2.45) is 5.73 Å². The van der Waals surface area contributed by atoms with Gasteiger partial charge in [0.25, 0.3) is 5.91 Å². The van der Waals surface area contributed by atoms with Crippen LogP contribution in [0.25, 0.3) is 0 Å². The van der Waals surface area contributed by atoms with Crippen molar-refractivity contribution in [3.63, 3.8) is 0 Å². The van der Waals surface area contributed by atoms with Crippen LogP contribution in [0.5, 0.6) is 0 Å². The van der Waals surface area contributed by atoms with Crippen molar-refractivity contribution in [1.29, 1.82) is 0 Å². The highest BCUT2D eigenvalue weighted by molar-refractivity contribution is 6.31. The van der Waals surface area contributed by atoms with E-state index in [9.17, 15) is 4.79 Å². The second-order valence-electron chi connectivity index (χ2n) is 4.86. The summed E-state index contributed by atoms with van der Waals surface area (Å²) in [6.45, 7) is 2.71. The van der Waals surface area contributed by atoms with Gasteiger partial charge in [-0.05, 0) is 25.8 Å². The van der Waals surface area contributed by atoms with Crippen molar-refractivity contribution in [1.82, 2.24) is 9.88 Å². The van der Waals surface area contributed by atoms with Gasteiger partial charge in [0.2, 0.25) is 0 Å². The molecule has 1 heterocycles. The molecular weight excluding hydrogens is 250 g/mol. The largest absolute Gasteiger partial charge is 0.346 e. The maximum atomic E-state index is 12.2. The summed E-state index contributed by atoms with van der Waals surface area (Å²) in [6.07, 6.45) is 6.02. The quantitative estimate of drug-likeness (QED) is 0.883. The van der Waals surface area contributed by atoms with Crippen LogP contribution in [-0.2, 0) is 6.54 Å². The van der Waals surface area contributed by atoms with Crippen molar-refractivity contribution in [2.75, 3.05) is 0 Å². The molecule has 1 saturated carbocycles. The fourth-order valence-corrected chi connectivity index (χ4v) is 2.73. The predicted octanol–water partition coefficient (Wildman–Crippen LogP) is 2.16. The number of aryl methyl sites for hydroxylation is 1. The summed E-state index contributed by atoms with van der Waals surface area (Å²) in [5.41, 5.74) is 6.64. The molecule has 2 unspecified atom stereocenters. The highest BCUT2D eigenvalue weighted by Gasteiger charge is 2.24. The summed E-state index contributed by atoms with van der Waals surface area (Å²) in [5, 5.41) is 3.62. The third kappa shape index (κ3) is 2.87. The van der Waals surface area contributed by atoms with E-state index in [4.69, 9.17) is 17.3 Å². The molecular formula is C13H20ClN3O. The summed E-state index contributed by atoms with van der Waals surface area (Å²) in [7, 11) is 0. The van der Waals surface area contributed by atoms with E-state index in [0.717, 1.165) is 32.2 Å². The van der Waals surface area contributed by atoms with Crippen LogP contribution >= 0.6 is 11.6 Å². The molecule has 3 N–H and O–H groups in total. The zero-order valence-corrected chi connectivity index (χ0v) is 11.4. The highest BCUT2D eigenvalue weighted by atomic mass is 35.5. The van der Waals surface area contributed by atoms with E-state index in [1.807, 2.05) is 11.5 Å². The molecule has 0 radical (unpaired) electrons. The summed E-state index contributed by atoms with van der Waals surface area (Å²) in [4.78, 5) is 12.2. The molecule has 2 rings (SSSR count). The van der Waals surface area contributed by atoms with Gasteiger partial charge in [-0.25, -0.2) is 0 Å². The van der Waals surface area contributed by atoms with Gasteiger partial charge in [-0.3, -0.25) is 4.79 Å². The molecule has 0 aliphatic heterocycles. The van der Waals surface area contributed by atoms with Crippen molar-refractivity contribution >= 4 is 17.5 Å². The topological polar surface area (TPSA) is 60.0 Å². The Bertz CT molecular complexity index is 430. The Kier molecular flexibility index (Phi) is 4.30. The lowest BCUT2D eigenvalue weighted by Gasteiger charge is -2.29. The lowest BCUT2D eigenvalue weighted by molar-refractivity contribution is 0.0912. The zero-order chi connectivity index (χ0) is 13.1. The molecule has 0 spiro atoms. The lowest BCUT2D eigenvalue weighted by atomic mass is 9.91. The minimum Gasteiger partial charge on any atom is -0.346 e. The summed E-state index contributed by atoms with van der Waals surface area (Å²) in [5.74, 6) is -0.0777. The molecule has 0 saturated heterocycles. The second kappa shape index (κ2) is 5.76. The maximum Gasteiger partial charge on any atom is 0.268 e. The van der Waals surface area contributed by atoms with Crippen molar-refractivity contribution in [3.05, 3.63) is 23.0 Å². The first-order valence-electron chi connectivity index (χ1n) is 6.54. The van der Waals surface area contributed by atoms with E-state index in [0.29, 0.717) is 10.7 Å². The van der Waals surface area contributed by atoms with Gasteiger partial charge >= 0.3 is 0 Å². The normalized spacial score (nSPS) is 23.9. The Morgan fingerprint density at radius 1 is 1.56 bits per heavy atom. The Morgan fingerprint density at radius 2 is 2.28 bits per heavy atom. The molecule has 0 aromatic carbocycles. The van der Waals surface area contributed by atoms with Crippen LogP contribution in [0.4, 0.5) is 0 Å². The van der Waals surface area contributed by atoms with Gasteiger partial charge in [0.15, 0.2) is 0 Å². The SMILES string of the molecule is CCn1cc(Cl)cc1C(=O)NC1CCCCC1N. The molecule has 2 atom stereocenters. The Morgan fingerprint density at radius 3 is 2.94 bits per heavy atom. The van der Waals surface area contributed by atoms with E-state index in [1.165, 1.54) is 0 Å². The number of nitrogens with one attached hydrogen (secondary N) is 1. The van der Waals surface area contributed by atoms with E-state index in [2.05, 4.69) is 5.32 Å². The van der Waals surface area contributed by atoms with Gasteiger partial charge in [-0.1, -0.05) is 24.4 Å². The van der Waals surface area contributed by atoms with E-state index >= 15 is 0 Å². The number of carbonyl (C=O) groups excluding carboxylic acids is 1.